The Kier molecular flexibility index (Phi) is 4.99. The Morgan fingerprint density at radius 1 is 1.07 bits per heavy atom. The van der Waals surface area contributed by atoms with Gasteiger partial charge in [-0.2, -0.15) is 0 Å². The summed E-state index contributed by atoms with van der Waals surface area (Å²) in [6.07, 6.45) is 4.91. The summed E-state index contributed by atoms with van der Waals surface area (Å²) in [6, 6.07) is 9.57. The zero-order valence-electron chi connectivity index (χ0n) is 16.5. The van der Waals surface area contributed by atoms with Gasteiger partial charge in [0.25, 0.3) is 5.69 Å². The van der Waals surface area contributed by atoms with Gasteiger partial charge in [0.2, 0.25) is 0 Å². The molecule has 8 heteroatoms. The summed E-state index contributed by atoms with van der Waals surface area (Å²) in [4.78, 5) is 33.8. The second-order valence-electron chi connectivity index (χ2n) is 7.39. The summed E-state index contributed by atoms with van der Waals surface area (Å²) in [5.41, 5.74) is 2.49. The fourth-order valence-electron chi connectivity index (χ4n) is 4.25. The molecule has 2 aliphatic rings. The maximum absolute atomic E-state index is 11.7. The van der Waals surface area contributed by atoms with Crippen molar-refractivity contribution in [3.05, 3.63) is 69.8 Å². The molecule has 0 fully saturated rings. The van der Waals surface area contributed by atoms with Crippen LogP contribution in [0.25, 0.3) is 0 Å². The predicted octanol–water partition coefficient (Wildman–Crippen LogP) is 4.27. The van der Waals surface area contributed by atoms with E-state index in [1.807, 2.05) is 0 Å². The number of nitrogens with one attached hydrogen (secondary N) is 1. The molecule has 2 aromatic rings. The highest BCUT2D eigenvalue weighted by atomic mass is 16.6. The molecule has 3 atom stereocenters. The van der Waals surface area contributed by atoms with Crippen LogP contribution in [0.4, 0.5) is 11.4 Å². The van der Waals surface area contributed by atoms with Crippen molar-refractivity contribution in [3.8, 4) is 11.5 Å². The minimum Gasteiger partial charge on any atom is -0.427 e. The number of nitro groups is 1. The lowest BCUT2D eigenvalue weighted by Gasteiger charge is -2.37. The highest BCUT2D eigenvalue weighted by Gasteiger charge is 2.40. The SMILES string of the molecule is CC(=O)Oc1ccc([C@H]2Nc3ccc([N+](=O)[O-])cc3[C@H]3C=CC[C@@H]32)c(OC(C)=O)c1. The molecule has 1 aliphatic heterocycles. The Balaban J connectivity index is 1.76. The van der Waals surface area contributed by atoms with Gasteiger partial charge in [-0.1, -0.05) is 12.2 Å². The molecule has 0 unspecified atom stereocenters. The number of benzene rings is 2. The molecule has 0 radical (unpaired) electrons. The van der Waals surface area contributed by atoms with Crippen LogP contribution in [0.2, 0.25) is 0 Å². The van der Waals surface area contributed by atoms with Gasteiger partial charge in [-0.05, 0) is 36.1 Å². The molecule has 0 bridgehead atoms. The van der Waals surface area contributed by atoms with Crippen LogP contribution in [-0.2, 0) is 9.59 Å². The zero-order chi connectivity index (χ0) is 21.4. The van der Waals surface area contributed by atoms with E-state index in [0.717, 1.165) is 23.2 Å². The first-order chi connectivity index (χ1) is 14.3. The number of esters is 2. The summed E-state index contributed by atoms with van der Waals surface area (Å²) in [6.45, 7) is 2.61. The maximum atomic E-state index is 11.7. The number of allylic oxidation sites excluding steroid dienone is 2. The zero-order valence-corrected chi connectivity index (χ0v) is 16.5. The highest BCUT2D eigenvalue weighted by Crippen LogP contribution is 2.52. The van der Waals surface area contributed by atoms with Crippen molar-refractivity contribution in [2.24, 2.45) is 5.92 Å². The van der Waals surface area contributed by atoms with Gasteiger partial charge in [0, 0.05) is 49.2 Å². The first-order valence-corrected chi connectivity index (χ1v) is 9.56. The summed E-state index contributed by atoms with van der Waals surface area (Å²) >= 11 is 0. The van der Waals surface area contributed by atoms with Crippen molar-refractivity contribution in [1.29, 1.82) is 0 Å². The average Bonchev–Trinajstić information content (AvgIpc) is 3.16. The van der Waals surface area contributed by atoms with Gasteiger partial charge in [-0.15, -0.1) is 0 Å². The van der Waals surface area contributed by atoms with E-state index < -0.39 is 16.9 Å². The first-order valence-electron chi connectivity index (χ1n) is 9.56. The van der Waals surface area contributed by atoms with E-state index >= 15 is 0 Å². The number of ether oxygens (including phenoxy) is 2. The molecule has 0 amide bonds. The van der Waals surface area contributed by atoms with E-state index in [1.54, 1.807) is 24.3 Å². The van der Waals surface area contributed by atoms with Gasteiger partial charge in [-0.3, -0.25) is 19.7 Å². The molecule has 1 aliphatic carbocycles. The van der Waals surface area contributed by atoms with E-state index in [0.29, 0.717) is 5.75 Å². The quantitative estimate of drug-likeness (QED) is 0.265. The number of carbonyl (C=O) groups is 2. The molecular weight excluding hydrogens is 388 g/mol. The van der Waals surface area contributed by atoms with Crippen molar-refractivity contribution in [1.82, 2.24) is 0 Å². The van der Waals surface area contributed by atoms with E-state index in [-0.39, 0.29) is 29.3 Å². The van der Waals surface area contributed by atoms with Gasteiger partial charge < -0.3 is 14.8 Å². The summed E-state index contributed by atoms with van der Waals surface area (Å²) in [5, 5.41) is 14.7. The van der Waals surface area contributed by atoms with Crippen molar-refractivity contribution in [3.63, 3.8) is 0 Å². The molecule has 0 saturated heterocycles. The van der Waals surface area contributed by atoms with Gasteiger partial charge >= 0.3 is 11.9 Å². The number of carbonyl (C=O) groups excluding carboxylic acids is 2. The number of hydrogen-bond acceptors (Lipinski definition) is 7. The molecule has 4 rings (SSSR count). The third-order valence-electron chi connectivity index (χ3n) is 5.39. The molecule has 0 aromatic heterocycles. The molecule has 1 N–H and O–H groups in total. The number of rotatable bonds is 4. The summed E-state index contributed by atoms with van der Waals surface area (Å²) < 4.78 is 10.6. The van der Waals surface area contributed by atoms with Crippen LogP contribution in [-0.4, -0.2) is 16.9 Å². The molecule has 0 spiro atoms. The van der Waals surface area contributed by atoms with Crippen molar-refractivity contribution >= 4 is 23.3 Å². The number of hydrogen-bond donors (Lipinski definition) is 1. The molecule has 0 saturated carbocycles. The lowest BCUT2D eigenvalue weighted by molar-refractivity contribution is -0.384. The third-order valence-corrected chi connectivity index (χ3v) is 5.39. The number of nitrogens with zero attached hydrogens (tertiary/aromatic N) is 1. The normalized spacial score (nSPS) is 21.2. The van der Waals surface area contributed by atoms with E-state index in [2.05, 4.69) is 17.5 Å². The maximum Gasteiger partial charge on any atom is 0.308 e. The van der Waals surface area contributed by atoms with Crippen LogP contribution in [0.3, 0.4) is 0 Å². The van der Waals surface area contributed by atoms with Crippen LogP contribution < -0.4 is 14.8 Å². The number of anilines is 1. The van der Waals surface area contributed by atoms with Crippen molar-refractivity contribution < 1.29 is 24.0 Å². The Labute approximate surface area is 172 Å². The minimum atomic E-state index is -0.482. The summed E-state index contributed by atoms with van der Waals surface area (Å²) in [5.74, 6) is -0.255. The standard InChI is InChI=1S/C22H20N2O6/c1-12(25)29-15-7-8-18(21(11-15)30-13(2)26)22-17-5-3-4-16(17)19-10-14(24(27)28)6-9-20(19)23-22/h3-4,6-11,16-17,22-23H,5H2,1-2H3/t16-,17-,22-/m0/s1. The van der Waals surface area contributed by atoms with Crippen molar-refractivity contribution in [2.75, 3.05) is 5.32 Å². The molecule has 2 aromatic carbocycles. The van der Waals surface area contributed by atoms with Crippen LogP contribution in [0.1, 0.15) is 43.4 Å². The largest absolute Gasteiger partial charge is 0.427 e. The Morgan fingerprint density at radius 3 is 2.53 bits per heavy atom. The van der Waals surface area contributed by atoms with Gasteiger partial charge in [-0.25, -0.2) is 0 Å². The predicted molar refractivity (Wildman–Crippen MR) is 109 cm³/mol. The topological polar surface area (TPSA) is 108 Å². The van der Waals surface area contributed by atoms with Crippen molar-refractivity contribution in [2.45, 2.75) is 32.2 Å². The second kappa shape index (κ2) is 7.62. The molecule has 154 valence electrons. The monoisotopic (exact) mass is 408 g/mol. The summed E-state index contributed by atoms with van der Waals surface area (Å²) in [7, 11) is 0. The fourth-order valence-corrected chi connectivity index (χ4v) is 4.25. The van der Waals surface area contributed by atoms with Crippen LogP contribution in [0.15, 0.2) is 48.6 Å². The molecule has 30 heavy (non-hydrogen) atoms. The lowest BCUT2D eigenvalue weighted by atomic mass is 9.76. The highest BCUT2D eigenvalue weighted by molar-refractivity contribution is 5.72. The minimum absolute atomic E-state index is 0.00414. The Hall–Kier alpha value is -3.68. The van der Waals surface area contributed by atoms with E-state index in [4.69, 9.17) is 9.47 Å². The fraction of sp³-hybridized carbons (Fsp3) is 0.273. The van der Waals surface area contributed by atoms with Gasteiger partial charge in [0.15, 0.2) is 0 Å². The number of non-ortho nitro benzene ring substituents is 1. The van der Waals surface area contributed by atoms with E-state index in [9.17, 15) is 19.7 Å². The third kappa shape index (κ3) is 3.63. The first kappa shape index (κ1) is 19.6. The Morgan fingerprint density at radius 2 is 1.83 bits per heavy atom. The number of nitro benzene ring substituents is 1. The Bertz CT molecular complexity index is 1080. The van der Waals surface area contributed by atoms with Crippen LogP contribution in [0, 0.1) is 16.0 Å². The molecule has 1 heterocycles. The molecular formula is C22H20N2O6. The number of fused-ring (bicyclic) bond motifs is 3. The average molecular weight is 408 g/mol. The van der Waals surface area contributed by atoms with Gasteiger partial charge in [0.05, 0.1) is 11.0 Å². The van der Waals surface area contributed by atoms with Gasteiger partial charge in [0.1, 0.15) is 11.5 Å². The smallest absolute Gasteiger partial charge is 0.308 e. The lowest BCUT2D eigenvalue weighted by Crippen LogP contribution is -2.29. The van der Waals surface area contributed by atoms with E-state index in [1.165, 1.54) is 26.0 Å². The second-order valence-corrected chi connectivity index (χ2v) is 7.39. The molecule has 8 nitrogen and oxygen atoms in total. The van der Waals surface area contributed by atoms with Crippen LogP contribution >= 0.6 is 0 Å². The van der Waals surface area contributed by atoms with Crippen LogP contribution in [0.5, 0.6) is 11.5 Å².